The van der Waals surface area contributed by atoms with Crippen LogP contribution in [0.15, 0.2) is 53.8 Å². The Kier molecular flexibility index (Phi) is 4.15. The van der Waals surface area contributed by atoms with Crippen molar-refractivity contribution in [3.63, 3.8) is 0 Å². The molecule has 1 fully saturated rings. The quantitative estimate of drug-likeness (QED) is 0.597. The van der Waals surface area contributed by atoms with Gasteiger partial charge in [0.2, 0.25) is 5.69 Å². The molecule has 1 unspecified atom stereocenters. The van der Waals surface area contributed by atoms with Gasteiger partial charge in [0.15, 0.2) is 23.8 Å². The maximum absolute atomic E-state index is 13.1. The van der Waals surface area contributed by atoms with Crippen LogP contribution in [0.5, 0.6) is 5.75 Å². The molecule has 9 heteroatoms. The lowest BCUT2D eigenvalue weighted by molar-refractivity contribution is -0.0505. The number of nitrogens with one attached hydrogen (secondary N) is 1. The lowest BCUT2D eigenvalue weighted by atomic mass is 10.0. The van der Waals surface area contributed by atoms with Gasteiger partial charge in [-0.25, -0.2) is 14.5 Å². The van der Waals surface area contributed by atoms with E-state index in [4.69, 9.17) is 9.73 Å². The highest BCUT2D eigenvalue weighted by Crippen LogP contribution is 2.54. The van der Waals surface area contributed by atoms with E-state index in [-0.39, 0.29) is 18.0 Å². The second-order valence-electron chi connectivity index (χ2n) is 9.19. The normalized spacial score (nSPS) is 24.3. The molecule has 2 bridgehead atoms. The molecule has 3 aliphatic rings. The maximum atomic E-state index is 13.1. The molecular formula is C24H22F2N5O2+. The van der Waals surface area contributed by atoms with Crippen molar-refractivity contribution < 1.29 is 18.6 Å². The molecule has 3 atom stereocenters. The monoisotopic (exact) mass is 450 g/mol. The first-order valence-electron chi connectivity index (χ1n) is 10.7. The smallest absolute Gasteiger partial charge is 0.387 e. The molecule has 2 aromatic carbocycles. The molecule has 2 N–H and O–H groups in total. The summed E-state index contributed by atoms with van der Waals surface area (Å²) in [4.78, 5) is 13.5. The number of quaternary nitrogens is 1. The Bertz CT molecular complexity index is 1390. The van der Waals surface area contributed by atoms with Crippen molar-refractivity contribution >= 4 is 17.6 Å². The number of aromatic nitrogens is 2. The third-order valence-corrected chi connectivity index (χ3v) is 6.52. The standard InChI is InChI=1S/C24H22F2N5O2/c1-24(2,32)22-27-9-15(10-28-22)13-6-7-16-14(8-13)11-31-12-18(29-16)21(31)30-17-4-3-5-19(20(17)31)33-23(25)26/h3-11,18,21,23,30,32H,12H2,1-2H3/q+1/t18-,21?,31+/m1/s1. The van der Waals surface area contributed by atoms with Crippen molar-refractivity contribution in [3.05, 3.63) is 65.2 Å². The fraction of sp³-hybridized carbons (Fsp3) is 0.292. The van der Waals surface area contributed by atoms with Crippen LogP contribution in [0, 0.1) is 0 Å². The fourth-order valence-electron chi connectivity index (χ4n) is 5.04. The van der Waals surface area contributed by atoms with E-state index < -0.39 is 12.2 Å². The predicted molar refractivity (Wildman–Crippen MR) is 119 cm³/mol. The molecule has 0 amide bonds. The minimum atomic E-state index is -2.90. The molecular weight excluding hydrogens is 428 g/mol. The van der Waals surface area contributed by atoms with Gasteiger partial charge in [-0.3, -0.25) is 4.99 Å². The molecule has 1 aromatic heterocycles. The number of para-hydroxylation sites is 1. The molecule has 3 aliphatic heterocycles. The van der Waals surface area contributed by atoms with Gasteiger partial charge in [-0.2, -0.15) is 8.78 Å². The molecule has 7 nitrogen and oxygen atoms in total. The molecule has 1 saturated heterocycles. The van der Waals surface area contributed by atoms with Gasteiger partial charge in [0.1, 0.15) is 24.0 Å². The summed E-state index contributed by atoms with van der Waals surface area (Å²) in [5, 5.41) is 15.3. The van der Waals surface area contributed by atoms with Gasteiger partial charge in [0.25, 0.3) is 0 Å². The second-order valence-corrected chi connectivity index (χ2v) is 9.19. The van der Waals surface area contributed by atoms with Gasteiger partial charge in [-0.1, -0.05) is 12.1 Å². The topological polar surface area (TPSA) is 79.6 Å². The highest BCUT2D eigenvalue weighted by molar-refractivity contribution is 5.85. The van der Waals surface area contributed by atoms with Crippen LogP contribution in [-0.2, 0) is 5.60 Å². The summed E-state index contributed by atoms with van der Waals surface area (Å²) in [6.07, 6.45) is 5.40. The molecule has 33 heavy (non-hydrogen) atoms. The van der Waals surface area contributed by atoms with E-state index in [0.29, 0.717) is 22.5 Å². The summed E-state index contributed by atoms with van der Waals surface area (Å²) in [6.45, 7) is 1.05. The molecule has 4 heterocycles. The average Bonchev–Trinajstić information content (AvgIpc) is 2.87. The number of aliphatic hydroxyl groups is 1. The number of hydrogen-bond acceptors (Lipinski definition) is 6. The highest BCUT2D eigenvalue weighted by atomic mass is 19.3. The number of alkyl halides is 2. The third kappa shape index (κ3) is 3.03. The molecule has 3 aromatic rings. The number of fused-ring (bicyclic) bond motifs is 4. The number of anilines is 1. The zero-order valence-corrected chi connectivity index (χ0v) is 18.0. The largest absolute Gasteiger partial charge is 0.428 e. The van der Waals surface area contributed by atoms with Crippen LogP contribution in [0.25, 0.3) is 17.3 Å². The summed E-state index contributed by atoms with van der Waals surface area (Å²) in [6, 6.07) is 11.2. The van der Waals surface area contributed by atoms with E-state index in [1.54, 1.807) is 38.4 Å². The van der Waals surface area contributed by atoms with E-state index in [9.17, 15) is 13.9 Å². The van der Waals surface area contributed by atoms with Crippen molar-refractivity contribution in [1.29, 1.82) is 0 Å². The van der Waals surface area contributed by atoms with Crippen molar-refractivity contribution in [2.45, 2.75) is 38.3 Å². The second kappa shape index (κ2) is 6.79. The molecule has 0 saturated carbocycles. The lowest BCUT2D eigenvalue weighted by Gasteiger charge is -2.47. The Morgan fingerprint density at radius 3 is 2.67 bits per heavy atom. The van der Waals surface area contributed by atoms with Gasteiger partial charge in [0, 0.05) is 18.0 Å². The van der Waals surface area contributed by atoms with Gasteiger partial charge in [-0.05, 0) is 43.7 Å². The van der Waals surface area contributed by atoms with E-state index >= 15 is 0 Å². The van der Waals surface area contributed by atoms with Gasteiger partial charge >= 0.3 is 6.61 Å². The van der Waals surface area contributed by atoms with Gasteiger partial charge in [0.05, 0.1) is 10.6 Å². The van der Waals surface area contributed by atoms with Crippen LogP contribution in [0.3, 0.4) is 0 Å². The van der Waals surface area contributed by atoms with Crippen molar-refractivity contribution in [1.82, 2.24) is 14.5 Å². The van der Waals surface area contributed by atoms with E-state index in [1.165, 1.54) is 0 Å². The molecule has 0 aliphatic carbocycles. The van der Waals surface area contributed by atoms with Crippen LogP contribution < -0.4 is 25.1 Å². The average molecular weight is 450 g/mol. The van der Waals surface area contributed by atoms with E-state index in [0.717, 1.165) is 27.4 Å². The summed E-state index contributed by atoms with van der Waals surface area (Å²) >= 11 is 0. The number of rotatable bonds is 4. The van der Waals surface area contributed by atoms with Crippen LogP contribution in [-0.4, -0.2) is 40.4 Å². The third-order valence-electron chi connectivity index (χ3n) is 6.52. The van der Waals surface area contributed by atoms with E-state index in [2.05, 4.69) is 21.5 Å². The SMILES string of the molecule is CC(C)(O)c1ncc(-c2ccc3c(c2)=C[N@@+]24C[C@@H](N=3)C2Nc2cccc(OC(F)F)c24)cn1. The Balaban J connectivity index is 1.47. The van der Waals surface area contributed by atoms with Crippen LogP contribution in [0.1, 0.15) is 19.7 Å². The van der Waals surface area contributed by atoms with E-state index in [1.807, 2.05) is 24.3 Å². The Morgan fingerprint density at radius 2 is 1.94 bits per heavy atom. The summed E-state index contributed by atoms with van der Waals surface area (Å²) < 4.78 is 31.5. The first kappa shape index (κ1) is 20.2. The number of halogens is 2. The molecule has 0 radical (unpaired) electrons. The minimum absolute atomic E-state index is 0.0227. The first-order chi connectivity index (χ1) is 15.7. The number of nitrogens with zero attached hydrogens (tertiary/aromatic N) is 4. The minimum Gasteiger partial charge on any atom is -0.428 e. The Labute approximate surface area is 188 Å². The fourth-order valence-corrected chi connectivity index (χ4v) is 5.04. The number of benzene rings is 2. The Hall–Kier alpha value is -3.43. The zero-order chi connectivity index (χ0) is 23.0. The molecule has 168 valence electrons. The van der Waals surface area contributed by atoms with Crippen molar-refractivity contribution in [3.8, 4) is 16.9 Å². The molecule has 6 rings (SSSR count). The van der Waals surface area contributed by atoms with Crippen molar-refractivity contribution in [2.24, 2.45) is 4.99 Å². The molecule has 1 spiro atoms. The number of hydrogen-bond donors (Lipinski definition) is 2. The predicted octanol–water partition coefficient (Wildman–Crippen LogP) is 2.48. The maximum Gasteiger partial charge on any atom is 0.387 e. The zero-order valence-electron chi connectivity index (χ0n) is 18.0. The first-order valence-corrected chi connectivity index (χ1v) is 10.7. The summed E-state index contributed by atoms with van der Waals surface area (Å²) in [5.41, 5.74) is 2.10. The Morgan fingerprint density at radius 1 is 1.15 bits per heavy atom. The van der Waals surface area contributed by atoms with Gasteiger partial charge in [-0.15, -0.1) is 0 Å². The highest BCUT2D eigenvalue weighted by Gasteiger charge is 2.62. The lowest BCUT2D eigenvalue weighted by Crippen LogP contribution is -2.71. The summed E-state index contributed by atoms with van der Waals surface area (Å²) in [5.74, 6) is 0.532. The van der Waals surface area contributed by atoms with Crippen LogP contribution in [0.4, 0.5) is 20.2 Å². The van der Waals surface area contributed by atoms with Crippen LogP contribution >= 0.6 is 0 Å². The van der Waals surface area contributed by atoms with Crippen molar-refractivity contribution in [2.75, 3.05) is 11.9 Å². The van der Waals surface area contributed by atoms with Crippen LogP contribution in [0.2, 0.25) is 0 Å². The number of ether oxygens (including phenoxy) is 1. The summed E-state index contributed by atoms with van der Waals surface area (Å²) in [7, 11) is 0. The van der Waals surface area contributed by atoms with Gasteiger partial charge < -0.3 is 15.2 Å².